The van der Waals surface area contributed by atoms with Gasteiger partial charge in [0.1, 0.15) is 5.82 Å². The molecule has 0 bridgehead atoms. The first-order chi connectivity index (χ1) is 18.1. The van der Waals surface area contributed by atoms with E-state index in [4.69, 9.17) is 4.98 Å². The van der Waals surface area contributed by atoms with Crippen molar-refractivity contribution in [2.24, 2.45) is 0 Å². The van der Waals surface area contributed by atoms with E-state index in [1.54, 1.807) is 6.20 Å². The molecule has 37 heavy (non-hydrogen) atoms. The molecular weight excluding hydrogens is 452 g/mol. The van der Waals surface area contributed by atoms with Crippen LogP contribution in [0.1, 0.15) is 25.1 Å². The van der Waals surface area contributed by atoms with Crippen molar-refractivity contribution in [2.45, 2.75) is 19.3 Å². The maximum atomic E-state index is 5.14. The lowest BCUT2D eigenvalue weighted by atomic mass is 9.83. The molecule has 0 spiro atoms. The number of hydrogen-bond donors (Lipinski definition) is 0. The Bertz CT molecular complexity index is 2010. The van der Waals surface area contributed by atoms with Crippen LogP contribution in [-0.2, 0) is 5.41 Å². The standard InChI is InChI=1S/C33H24N4/c1-33(2)25-11-4-6-14-29(25)36-28-17-16-23-22-10-3-5-13-27(22)37(32(23)24(28)19-30(33)36)31-15-7-12-26(35-31)21-9-8-18-34-20-21/h3-20H,1-2H3. The van der Waals surface area contributed by atoms with Crippen molar-refractivity contribution < 1.29 is 0 Å². The van der Waals surface area contributed by atoms with Crippen LogP contribution in [-0.4, -0.2) is 19.1 Å². The molecule has 3 aromatic carbocycles. The summed E-state index contributed by atoms with van der Waals surface area (Å²) >= 11 is 0. The average molecular weight is 477 g/mol. The monoisotopic (exact) mass is 476 g/mol. The first-order valence-corrected chi connectivity index (χ1v) is 12.7. The molecule has 0 fully saturated rings. The molecular formula is C33H24N4. The van der Waals surface area contributed by atoms with E-state index in [2.05, 4.69) is 119 Å². The van der Waals surface area contributed by atoms with Gasteiger partial charge in [-0.05, 0) is 54.1 Å². The number of pyridine rings is 2. The van der Waals surface area contributed by atoms with Gasteiger partial charge in [-0.15, -0.1) is 0 Å². The van der Waals surface area contributed by atoms with Gasteiger partial charge in [-0.1, -0.05) is 62.4 Å². The van der Waals surface area contributed by atoms with Gasteiger partial charge in [-0.2, -0.15) is 0 Å². The first kappa shape index (κ1) is 20.5. The maximum Gasteiger partial charge on any atom is 0.138 e. The number of fused-ring (bicyclic) bond motifs is 9. The lowest BCUT2D eigenvalue weighted by Crippen LogP contribution is -2.14. The van der Waals surface area contributed by atoms with Gasteiger partial charge in [0.15, 0.2) is 0 Å². The van der Waals surface area contributed by atoms with Gasteiger partial charge < -0.3 is 4.57 Å². The van der Waals surface area contributed by atoms with Crippen molar-refractivity contribution in [1.29, 1.82) is 0 Å². The van der Waals surface area contributed by atoms with Crippen LogP contribution in [0.3, 0.4) is 0 Å². The smallest absolute Gasteiger partial charge is 0.138 e. The Balaban J connectivity index is 1.50. The second-order valence-corrected chi connectivity index (χ2v) is 10.4. The molecule has 0 aliphatic carbocycles. The summed E-state index contributed by atoms with van der Waals surface area (Å²) < 4.78 is 4.78. The highest BCUT2D eigenvalue weighted by Crippen LogP contribution is 2.47. The fourth-order valence-corrected chi connectivity index (χ4v) is 6.26. The number of aromatic nitrogens is 4. The summed E-state index contributed by atoms with van der Waals surface area (Å²) in [7, 11) is 0. The van der Waals surface area contributed by atoms with Crippen LogP contribution >= 0.6 is 0 Å². The largest absolute Gasteiger partial charge is 0.312 e. The van der Waals surface area contributed by atoms with Crippen molar-refractivity contribution in [2.75, 3.05) is 0 Å². The highest BCUT2D eigenvalue weighted by molar-refractivity contribution is 6.18. The Morgan fingerprint density at radius 2 is 1.51 bits per heavy atom. The summed E-state index contributed by atoms with van der Waals surface area (Å²) in [6.45, 7) is 4.66. The fourth-order valence-electron chi connectivity index (χ4n) is 6.26. The number of rotatable bonds is 2. The number of nitrogens with zero attached hydrogens (tertiary/aromatic N) is 4. The van der Waals surface area contributed by atoms with Gasteiger partial charge in [-0.3, -0.25) is 9.55 Å². The van der Waals surface area contributed by atoms with E-state index >= 15 is 0 Å². The molecule has 0 saturated heterocycles. The summed E-state index contributed by atoms with van der Waals surface area (Å²) in [5.74, 6) is 0.908. The third-order valence-electron chi connectivity index (χ3n) is 8.00. The molecule has 1 aliphatic rings. The lowest BCUT2D eigenvalue weighted by Gasteiger charge is -2.18. The number of benzene rings is 3. The normalized spacial score (nSPS) is 13.9. The van der Waals surface area contributed by atoms with Gasteiger partial charge in [0.05, 0.1) is 22.2 Å². The molecule has 0 amide bonds. The Morgan fingerprint density at radius 3 is 2.41 bits per heavy atom. The Morgan fingerprint density at radius 1 is 0.676 bits per heavy atom. The molecule has 0 atom stereocenters. The third-order valence-corrected chi connectivity index (χ3v) is 8.00. The highest BCUT2D eigenvalue weighted by Gasteiger charge is 2.37. The van der Waals surface area contributed by atoms with Crippen molar-refractivity contribution in [3.8, 4) is 22.8 Å². The third kappa shape index (κ3) is 2.67. The highest BCUT2D eigenvalue weighted by atomic mass is 15.1. The van der Waals surface area contributed by atoms with Gasteiger partial charge in [0.25, 0.3) is 0 Å². The van der Waals surface area contributed by atoms with E-state index < -0.39 is 0 Å². The zero-order valence-electron chi connectivity index (χ0n) is 20.7. The molecule has 176 valence electrons. The maximum absolute atomic E-state index is 5.14. The van der Waals surface area contributed by atoms with Crippen LogP contribution < -0.4 is 0 Å². The Kier molecular flexibility index (Phi) is 3.97. The van der Waals surface area contributed by atoms with Crippen LogP contribution in [0.15, 0.2) is 109 Å². The van der Waals surface area contributed by atoms with E-state index in [9.17, 15) is 0 Å². The summed E-state index contributed by atoms with van der Waals surface area (Å²) in [5.41, 5.74) is 9.41. The lowest BCUT2D eigenvalue weighted by molar-refractivity contribution is 0.645. The van der Waals surface area contributed by atoms with E-state index in [-0.39, 0.29) is 5.41 Å². The molecule has 5 heterocycles. The molecule has 4 heteroatoms. The predicted octanol–water partition coefficient (Wildman–Crippen LogP) is 7.82. The Hall–Kier alpha value is -4.70. The van der Waals surface area contributed by atoms with Crippen molar-refractivity contribution in [1.82, 2.24) is 19.1 Å². The second-order valence-electron chi connectivity index (χ2n) is 10.4. The van der Waals surface area contributed by atoms with Crippen molar-refractivity contribution in [3.05, 3.63) is 121 Å². The second kappa shape index (κ2) is 7.17. The number of para-hydroxylation sites is 2. The number of hydrogen-bond acceptors (Lipinski definition) is 2. The summed E-state index contributed by atoms with van der Waals surface area (Å²) in [6, 6.07) is 34.7. The molecule has 0 N–H and O–H groups in total. The van der Waals surface area contributed by atoms with Gasteiger partial charge in [0, 0.05) is 50.9 Å². The van der Waals surface area contributed by atoms with Crippen LogP contribution in [0.4, 0.5) is 0 Å². The van der Waals surface area contributed by atoms with E-state index in [1.165, 1.54) is 44.1 Å². The topological polar surface area (TPSA) is 35.6 Å². The summed E-state index contributed by atoms with van der Waals surface area (Å²) in [4.78, 5) is 9.44. The van der Waals surface area contributed by atoms with Crippen LogP contribution in [0.2, 0.25) is 0 Å². The molecule has 4 nitrogen and oxygen atoms in total. The van der Waals surface area contributed by atoms with Gasteiger partial charge in [-0.25, -0.2) is 4.98 Å². The average Bonchev–Trinajstić information content (AvgIpc) is 3.56. The SMILES string of the molecule is CC1(C)c2ccccc2-n2c1cc1c2ccc2c3ccccc3n(-c3cccc(-c4cccnc4)n3)c21. The minimum atomic E-state index is -0.0722. The quantitative estimate of drug-likeness (QED) is 0.255. The predicted molar refractivity (Wildman–Crippen MR) is 151 cm³/mol. The fraction of sp³-hybridized carbons (Fsp3) is 0.0909. The molecule has 8 rings (SSSR count). The zero-order valence-corrected chi connectivity index (χ0v) is 20.7. The molecule has 0 saturated carbocycles. The van der Waals surface area contributed by atoms with Gasteiger partial charge in [0.2, 0.25) is 0 Å². The van der Waals surface area contributed by atoms with Crippen LogP contribution in [0.5, 0.6) is 0 Å². The van der Waals surface area contributed by atoms with E-state index in [0.717, 1.165) is 22.6 Å². The minimum absolute atomic E-state index is 0.0722. The van der Waals surface area contributed by atoms with Crippen LogP contribution in [0, 0.1) is 0 Å². The minimum Gasteiger partial charge on any atom is -0.312 e. The zero-order chi connectivity index (χ0) is 24.7. The summed E-state index contributed by atoms with van der Waals surface area (Å²) in [6.07, 6.45) is 3.66. The van der Waals surface area contributed by atoms with Crippen molar-refractivity contribution >= 4 is 32.7 Å². The molecule has 7 aromatic rings. The van der Waals surface area contributed by atoms with Crippen molar-refractivity contribution in [3.63, 3.8) is 0 Å². The first-order valence-electron chi connectivity index (χ1n) is 12.7. The Labute approximate surface area is 214 Å². The molecule has 4 aromatic heterocycles. The van der Waals surface area contributed by atoms with Gasteiger partial charge >= 0.3 is 0 Å². The summed E-state index contributed by atoms with van der Waals surface area (Å²) in [5, 5.41) is 3.73. The van der Waals surface area contributed by atoms with Crippen LogP contribution in [0.25, 0.3) is 55.5 Å². The molecule has 1 aliphatic heterocycles. The van der Waals surface area contributed by atoms with E-state index in [0.29, 0.717) is 0 Å². The molecule has 0 radical (unpaired) electrons. The van der Waals surface area contributed by atoms with E-state index in [1.807, 2.05) is 12.3 Å². The molecule has 0 unspecified atom stereocenters.